The summed E-state index contributed by atoms with van der Waals surface area (Å²) in [5, 5.41) is 10.4. The van der Waals surface area contributed by atoms with Crippen LogP contribution in [0.1, 0.15) is 31.1 Å². The summed E-state index contributed by atoms with van der Waals surface area (Å²) in [4.78, 5) is 40.5. The van der Waals surface area contributed by atoms with E-state index in [9.17, 15) is 19.5 Å². The first-order valence-corrected chi connectivity index (χ1v) is 6.95. The molecule has 0 saturated heterocycles. The number of hydrogen-bond donors (Lipinski definition) is 3. The van der Waals surface area contributed by atoms with E-state index >= 15 is 0 Å². The molecule has 0 bridgehead atoms. The predicted molar refractivity (Wildman–Crippen MR) is 81.4 cm³/mol. The SMILES string of the molecule is COc1ccc2c(c1)C(=O)C(O)(NNC(=O)c1ccncc1)C2=O. The first-order valence-electron chi connectivity index (χ1n) is 6.95. The number of nitrogens with zero attached hydrogens (tertiary/aromatic N) is 1. The maximum absolute atomic E-state index is 12.4. The Kier molecular flexibility index (Phi) is 3.84. The summed E-state index contributed by atoms with van der Waals surface area (Å²) in [6, 6.07) is 7.14. The third-order valence-electron chi connectivity index (χ3n) is 3.67. The van der Waals surface area contributed by atoms with Gasteiger partial charge in [-0.3, -0.25) is 24.8 Å². The molecule has 8 heteroatoms. The van der Waals surface area contributed by atoms with Crippen LogP contribution in [0.4, 0.5) is 0 Å². The van der Waals surface area contributed by atoms with E-state index in [0.29, 0.717) is 5.75 Å². The number of fused-ring (bicyclic) bond motifs is 1. The van der Waals surface area contributed by atoms with E-state index in [-0.39, 0.29) is 16.7 Å². The number of ether oxygens (including phenoxy) is 1. The smallest absolute Gasteiger partial charge is 0.265 e. The molecule has 0 aliphatic heterocycles. The molecular formula is C16H13N3O5. The number of ketones is 2. The lowest BCUT2D eigenvalue weighted by atomic mass is 10.1. The van der Waals surface area contributed by atoms with Crippen molar-refractivity contribution in [1.29, 1.82) is 0 Å². The molecule has 1 aromatic carbocycles. The number of benzene rings is 1. The Bertz CT molecular complexity index is 837. The molecule has 0 spiro atoms. The zero-order valence-corrected chi connectivity index (χ0v) is 12.6. The Morgan fingerprint density at radius 1 is 1.12 bits per heavy atom. The number of pyridine rings is 1. The second-order valence-corrected chi connectivity index (χ2v) is 5.10. The Labute approximate surface area is 136 Å². The molecule has 3 N–H and O–H groups in total. The maximum atomic E-state index is 12.4. The highest BCUT2D eigenvalue weighted by Gasteiger charge is 2.52. The Balaban J connectivity index is 1.82. The van der Waals surface area contributed by atoms with Gasteiger partial charge in [0.05, 0.1) is 7.11 Å². The fourth-order valence-corrected chi connectivity index (χ4v) is 2.37. The Morgan fingerprint density at radius 2 is 1.79 bits per heavy atom. The van der Waals surface area contributed by atoms with Crippen molar-refractivity contribution < 1.29 is 24.2 Å². The molecule has 24 heavy (non-hydrogen) atoms. The number of Topliss-reactive ketones (excluding diaryl/α,β-unsaturated/α-hetero) is 2. The zero-order valence-electron chi connectivity index (χ0n) is 12.6. The van der Waals surface area contributed by atoms with Crippen LogP contribution < -0.4 is 15.6 Å². The van der Waals surface area contributed by atoms with Crippen LogP contribution in [0.5, 0.6) is 5.75 Å². The van der Waals surface area contributed by atoms with Gasteiger partial charge in [-0.05, 0) is 30.3 Å². The van der Waals surface area contributed by atoms with Gasteiger partial charge < -0.3 is 9.84 Å². The standard InChI is InChI=1S/C16H13N3O5/c1-24-10-2-3-11-12(8-10)14(21)16(23,13(11)20)19-18-15(22)9-4-6-17-7-5-9/h2-8,19,23H,1H3,(H,18,22). The summed E-state index contributed by atoms with van der Waals surface area (Å²) in [7, 11) is 1.42. The highest BCUT2D eigenvalue weighted by molar-refractivity contribution is 6.31. The predicted octanol–water partition coefficient (Wildman–Crippen LogP) is 0.0924. The second kappa shape index (κ2) is 5.84. The second-order valence-electron chi connectivity index (χ2n) is 5.10. The van der Waals surface area contributed by atoms with Crippen LogP contribution in [0.15, 0.2) is 42.7 Å². The van der Waals surface area contributed by atoms with Crippen molar-refractivity contribution in [2.24, 2.45) is 0 Å². The molecular weight excluding hydrogens is 314 g/mol. The molecule has 3 rings (SSSR count). The number of carbonyl (C=O) groups excluding carboxylic acids is 3. The van der Waals surface area contributed by atoms with E-state index < -0.39 is 23.2 Å². The number of methoxy groups -OCH3 is 1. The summed E-state index contributed by atoms with van der Waals surface area (Å²) in [5.41, 5.74) is 2.06. The number of hydrogen-bond acceptors (Lipinski definition) is 7. The number of rotatable bonds is 4. The molecule has 1 aromatic heterocycles. The van der Waals surface area contributed by atoms with Crippen LogP contribution in [0, 0.1) is 0 Å². The maximum Gasteiger partial charge on any atom is 0.265 e. The van der Waals surface area contributed by atoms with E-state index in [1.807, 2.05) is 0 Å². The zero-order chi connectivity index (χ0) is 17.3. The molecule has 0 fully saturated rings. The first-order chi connectivity index (χ1) is 11.5. The molecule has 1 unspecified atom stereocenters. The minimum absolute atomic E-state index is 0.0208. The van der Waals surface area contributed by atoms with Gasteiger partial charge in [-0.15, -0.1) is 0 Å². The lowest BCUT2D eigenvalue weighted by Crippen LogP contribution is -2.61. The average Bonchev–Trinajstić information content (AvgIpc) is 2.82. The number of aliphatic hydroxyl groups is 1. The van der Waals surface area contributed by atoms with E-state index in [0.717, 1.165) is 0 Å². The number of nitrogens with one attached hydrogen (secondary N) is 2. The van der Waals surface area contributed by atoms with Crippen molar-refractivity contribution in [2.75, 3.05) is 7.11 Å². The third kappa shape index (κ3) is 2.43. The molecule has 1 amide bonds. The van der Waals surface area contributed by atoms with Crippen LogP contribution in [-0.2, 0) is 0 Å². The summed E-state index contributed by atoms with van der Waals surface area (Å²) in [6.45, 7) is 0. The highest BCUT2D eigenvalue weighted by Crippen LogP contribution is 2.30. The quantitative estimate of drug-likeness (QED) is 0.414. The third-order valence-corrected chi connectivity index (χ3v) is 3.67. The summed E-state index contributed by atoms with van der Waals surface area (Å²) in [5.74, 6) is -1.96. The van der Waals surface area contributed by atoms with Crippen molar-refractivity contribution in [3.63, 3.8) is 0 Å². The monoisotopic (exact) mass is 327 g/mol. The molecule has 1 aliphatic carbocycles. The number of aromatic nitrogens is 1. The van der Waals surface area contributed by atoms with Gasteiger partial charge in [0, 0.05) is 29.1 Å². The molecule has 2 aromatic rings. The summed E-state index contributed by atoms with van der Waals surface area (Å²) >= 11 is 0. The van der Waals surface area contributed by atoms with Crippen LogP contribution in [-0.4, -0.2) is 40.4 Å². The van der Waals surface area contributed by atoms with E-state index in [1.54, 1.807) is 0 Å². The lowest BCUT2D eigenvalue weighted by Gasteiger charge is -2.20. The minimum Gasteiger partial charge on any atom is -0.497 e. The normalized spacial score (nSPS) is 19.1. The van der Waals surface area contributed by atoms with Crippen molar-refractivity contribution in [3.8, 4) is 5.75 Å². The molecule has 0 radical (unpaired) electrons. The van der Waals surface area contributed by atoms with Crippen LogP contribution in [0.2, 0.25) is 0 Å². The van der Waals surface area contributed by atoms with Gasteiger partial charge in [0.1, 0.15) is 5.75 Å². The van der Waals surface area contributed by atoms with Crippen molar-refractivity contribution in [3.05, 3.63) is 59.4 Å². The molecule has 1 atom stereocenters. The van der Waals surface area contributed by atoms with Crippen molar-refractivity contribution in [1.82, 2.24) is 15.8 Å². The largest absolute Gasteiger partial charge is 0.497 e. The number of amides is 1. The molecule has 122 valence electrons. The van der Waals surface area contributed by atoms with Crippen LogP contribution >= 0.6 is 0 Å². The van der Waals surface area contributed by atoms with E-state index in [4.69, 9.17) is 4.74 Å². The molecule has 1 heterocycles. The first kappa shape index (κ1) is 15.8. The number of carbonyl (C=O) groups is 3. The van der Waals surface area contributed by atoms with E-state index in [2.05, 4.69) is 15.8 Å². The van der Waals surface area contributed by atoms with Gasteiger partial charge in [-0.2, -0.15) is 5.43 Å². The lowest BCUT2D eigenvalue weighted by molar-refractivity contribution is 0.0138. The van der Waals surface area contributed by atoms with Crippen LogP contribution in [0.25, 0.3) is 0 Å². The summed E-state index contributed by atoms with van der Waals surface area (Å²) in [6.07, 6.45) is 2.83. The Hall–Kier alpha value is -3.10. The van der Waals surface area contributed by atoms with Gasteiger partial charge in [-0.1, -0.05) is 0 Å². The van der Waals surface area contributed by atoms with E-state index in [1.165, 1.54) is 49.8 Å². The van der Waals surface area contributed by atoms with Gasteiger partial charge in [0.25, 0.3) is 11.6 Å². The topological polar surface area (TPSA) is 118 Å². The van der Waals surface area contributed by atoms with Crippen molar-refractivity contribution in [2.45, 2.75) is 5.72 Å². The Morgan fingerprint density at radius 3 is 2.46 bits per heavy atom. The minimum atomic E-state index is -2.56. The average molecular weight is 327 g/mol. The van der Waals surface area contributed by atoms with Crippen molar-refractivity contribution >= 4 is 17.5 Å². The molecule has 1 aliphatic rings. The fraction of sp³-hybridized carbons (Fsp3) is 0.125. The van der Waals surface area contributed by atoms with Gasteiger partial charge in [-0.25, -0.2) is 0 Å². The van der Waals surface area contributed by atoms with Crippen LogP contribution in [0.3, 0.4) is 0 Å². The molecule has 0 saturated carbocycles. The number of hydrazine groups is 1. The highest BCUT2D eigenvalue weighted by atomic mass is 16.5. The van der Waals surface area contributed by atoms with Gasteiger partial charge in [0.2, 0.25) is 11.6 Å². The fourth-order valence-electron chi connectivity index (χ4n) is 2.37. The summed E-state index contributed by atoms with van der Waals surface area (Å²) < 4.78 is 5.01. The van der Waals surface area contributed by atoms with Gasteiger partial charge in [0.15, 0.2) is 0 Å². The van der Waals surface area contributed by atoms with Gasteiger partial charge >= 0.3 is 0 Å². The molecule has 8 nitrogen and oxygen atoms in total.